The Labute approximate surface area is 141 Å². The Balaban J connectivity index is 2.02. The third-order valence-corrected chi connectivity index (χ3v) is 4.44. The van der Waals surface area contributed by atoms with Crippen LogP contribution in [0.1, 0.15) is 38.3 Å². The van der Waals surface area contributed by atoms with Crippen LogP contribution in [0.4, 0.5) is 4.79 Å². The first kappa shape index (κ1) is 16.8. The second kappa shape index (κ2) is 5.77. The zero-order valence-electron chi connectivity index (χ0n) is 14.5. The van der Waals surface area contributed by atoms with Gasteiger partial charge in [-0.05, 0) is 56.9 Å². The Kier molecular flexibility index (Phi) is 4.03. The molecule has 24 heavy (non-hydrogen) atoms. The lowest BCUT2D eigenvalue weighted by molar-refractivity contribution is -0.156. The van der Waals surface area contributed by atoms with Gasteiger partial charge < -0.3 is 14.2 Å². The highest BCUT2D eigenvalue weighted by atomic mass is 16.6. The maximum absolute atomic E-state index is 12.7. The van der Waals surface area contributed by atoms with Crippen molar-refractivity contribution >= 4 is 12.0 Å². The first-order valence-electron chi connectivity index (χ1n) is 8.08. The maximum Gasteiger partial charge on any atom is 0.418 e. The first-order valence-corrected chi connectivity index (χ1v) is 8.08. The monoisotopic (exact) mass is 333 g/mol. The number of carbonyl (C=O) groups excluding carboxylic acids is 2. The molecule has 1 unspecified atom stereocenters. The number of nitrogens with zero attached hydrogens (tertiary/aromatic N) is 1. The first-order chi connectivity index (χ1) is 11.3. The van der Waals surface area contributed by atoms with Gasteiger partial charge in [0.25, 0.3) is 5.91 Å². The number of carbonyl (C=O) groups is 2. The quantitative estimate of drug-likeness (QED) is 0.790. The van der Waals surface area contributed by atoms with Crippen molar-refractivity contribution in [1.29, 1.82) is 0 Å². The van der Waals surface area contributed by atoms with Gasteiger partial charge in [-0.2, -0.15) is 0 Å². The molecule has 2 amide bonds. The van der Waals surface area contributed by atoms with E-state index in [0.717, 1.165) is 23.3 Å². The second-order valence-corrected chi connectivity index (χ2v) is 7.26. The molecule has 1 aromatic carbocycles. The average Bonchev–Trinajstić information content (AvgIpc) is 2.84. The van der Waals surface area contributed by atoms with Gasteiger partial charge in [0.15, 0.2) is 0 Å². The minimum Gasteiger partial charge on any atom is -0.497 e. The summed E-state index contributed by atoms with van der Waals surface area (Å²) >= 11 is 0. The van der Waals surface area contributed by atoms with Crippen molar-refractivity contribution in [3.63, 3.8) is 0 Å². The van der Waals surface area contributed by atoms with Gasteiger partial charge in [0, 0.05) is 0 Å². The van der Waals surface area contributed by atoms with Crippen molar-refractivity contribution in [2.24, 2.45) is 0 Å². The lowest BCUT2D eigenvalue weighted by atomic mass is 9.89. The van der Waals surface area contributed by atoms with E-state index in [0.29, 0.717) is 6.42 Å². The van der Waals surface area contributed by atoms with Crippen LogP contribution in [0.15, 0.2) is 18.2 Å². The van der Waals surface area contributed by atoms with Gasteiger partial charge in [-0.3, -0.25) is 4.79 Å². The van der Waals surface area contributed by atoms with Crippen LogP contribution in [-0.4, -0.2) is 42.8 Å². The predicted octanol–water partition coefficient (Wildman–Crippen LogP) is 2.63. The number of hydrogen-bond donors (Lipinski definition) is 0. The molecule has 1 aromatic rings. The van der Waals surface area contributed by atoms with E-state index in [1.165, 1.54) is 4.90 Å². The molecule has 1 saturated heterocycles. The number of amides is 2. The summed E-state index contributed by atoms with van der Waals surface area (Å²) in [5, 5.41) is 0. The van der Waals surface area contributed by atoms with Crippen molar-refractivity contribution in [2.45, 2.75) is 44.8 Å². The molecule has 0 bridgehead atoms. The summed E-state index contributed by atoms with van der Waals surface area (Å²) in [6.07, 6.45) is 0.766. The number of methoxy groups -OCH3 is 1. The van der Waals surface area contributed by atoms with E-state index < -0.39 is 17.2 Å². The molecule has 6 heteroatoms. The highest BCUT2D eigenvalue weighted by molar-refractivity contribution is 5.95. The van der Waals surface area contributed by atoms with E-state index in [2.05, 4.69) is 0 Å². The zero-order valence-corrected chi connectivity index (χ0v) is 14.5. The number of imide groups is 1. The van der Waals surface area contributed by atoms with Gasteiger partial charge in [0.05, 0.1) is 13.7 Å². The van der Waals surface area contributed by atoms with Crippen LogP contribution in [0.2, 0.25) is 0 Å². The number of hydrogen-bond acceptors (Lipinski definition) is 5. The molecule has 2 aliphatic rings. The van der Waals surface area contributed by atoms with Crippen molar-refractivity contribution < 1.29 is 23.8 Å². The van der Waals surface area contributed by atoms with Crippen LogP contribution in [0.25, 0.3) is 0 Å². The van der Waals surface area contributed by atoms with Crippen LogP contribution in [0.3, 0.4) is 0 Å². The maximum atomic E-state index is 12.7. The van der Waals surface area contributed by atoms with Crippen LogP contribution in [0.5, 0.6) is 5.75 Å². The van der Waals surface area contributed by atoms with Gasteiger partial charge >= 0.3 is 6.09 Å². The molecule has 130 valence electrons. The largest absolute Gasteiger partial charge is 0.497 e. The molecule has 0 saturated carbocycles. The molecule has 1 fully saturated rings. The highest BCUT2D eigenvalue weighted by Gasteiger charge is 2.52. The molecule has 6 nitrogen and oxygen atoms in total. The van der Waals surface area contributed by atoms with Gasteiger partial charge in [0.1, 0.15) is 23.5 Å². The highest BCUT2D eigenvalue weighted by Crippen LogP contribution is 2.45. The van der Waals surface area contributed by atoms with Crippen molar-refractivity contribution in [3.8, 4) is 5.75 Å². The molecule has 0 aromatic heterocycles. The van der Waals surface area contributed by atoms with E-state index in [1.807, 2.05) is 18.2 Å². The predicted molar refractivity (Wildman–Crippen MR) is 86.9 cm³/mol. The van der Waals surface area contributed by atoms with Crippen molar-refractivity contribution in [2.75, 3.05) is 20.3 Å². The van der Waals surface area contributed by atoms with E-state index in [-0.39, 0.29) is 19.1 Å². The Morgan fingerprint density at radius 1 is 1.33 bits per heavy atom. The Morgan fingerprint density at radius 2 is 2.08 bits per heavy atom. The number of morpholine rings is 1. The Morgan fingerprint density at radius 3 is 2.75 bits per heavy atom. The van der Waals surface area contributed by atoms with E-state index in [1.54, 1.807) is 27.9 Å². The molecule has 1 aliphatic heterocycles. The summed E-state index contributed by atoms with van der Waals surface area (Å²) in [7, 11) is 1.62. The summed E-state index contributed by atoms with van der Waals surface area (Å²) in [6.45, 7) is 5.55. The van der Waals surface area contributed by atoms with E-state index in [9.17, 15) is 9.59 Å². The van der Waals surface area contributed by atoms with Crippen molar-refractivity contribution in [3.05, 3.63) is 29.3 Å². The molecule has 1 atom stereocenters. The van der Waals surface area contributed by atoms with Crippen LogP contribution < -0.4 is 4.74 Å². The van der Waals surface area contributed by atoms with Gasteiger partial charge in [0.2, 0.25) is 0 Å². The van der Waals surface area contributed by atoms with Gasteiger partial charge in [-0.1, -0.05) is 6.07 Å². The third-order valence-electron chi connectivity index (χ3n) is 4.44. The summed E-state index contributed by atoms with van der Waals surface area (Å²) in [4.78, 5) is 26.5. The third kappa shape index (κ3) is 2.75. The van der Waals surface area contributed by atoms with Crippen molar-refractivity contribution in [1.82, 2.24) is 4.90 Å². The van der Waals surface area contributed by atoms with Crippen LogP contribution in [0, 0.1) is 0 Å². The number of ether oxygens (including phenoxy) is 3. The molecule has 3 rings (SSSR count). The number of benzene rings is 1. The standard InChI is InChI=1S/C18H23NO5/c1-17(2,3)24-16(21)19-15(20)10-23-11-18(19)8-7-12-9-13(22-4)5-6-14(12)18/h5-6,9H,7-8,10-11H2,1-4H3. The topological polar surface area (TPSA) is 65.1 Å². The molecule has 1 spiro atoms. The smallest absolute Gasteiger partial charge is 0.418 e. The fourth-order valence-electron chi connectivity index (χ4n) is 3.48. The summed E-state index contributed by atoms with van der Waals surface area (Å²) in [6, 6.07) is 5.72. The fraction of sp³-hybridized carbons (Fsp3) is 0.556. The van der Waals surface area contributed by atoms with Gasteiger partial charge in [-0.15, -0.1) is 0 Å². The van der Waals surface area contributed by atoms with E-state index in [4.69, 9.17) is 14.2 Å². The number of fused-ring (bicyclic) bond motifs is 2. The molecular formula is C18H23NO5. The molecule has 0 N–H and O–H groups in total. The number of aryl methyl sites for hydroxylation is 1. The SMILES string of the molecule is COc1ccc2c(c1)CCC21COCC(=O)N1C(=O)OC(C)(C)C. The molecule has 0 radical (unpaired) electrons. The number of rotatable bonds is 1. The lowest BCUT2D eigenvalue weighted by Gasteiger charge is -2.43. The normalized spacial score (nSPS) is 23.3. The zero-order chi connectivity index (χ0) is 17.5. The Bertz CT molecular complexity index is 678. The minimum absolute atomic E-state index is 0.105. The minimum atomic E-state index is -0.792. The van der Waals surface area contributed by atoms with Crippen LogP contribution in [-0.2, 0) is 26.2 Å². The summed E-state index contributed by atoms with van der Waals surface area (Å²) in [5.74, 6) is 0.400. The average molecular weight is 333 g/mol. The fourth-order valence-corrected chi connectivity index (χ4v) is 3.48. The van der Waals surface area contributed by atoms with Crippen LogP contribution >= 0.6 is 0 Å². The Hall–Kier alpha value is -2.08. The van der Waals surface area contributed by atoms with E-state index >= 15 is 0 Å². The second-order valence-electron chi connectivity index (χ2n) is 7.26. The van der Waals surface area contributed by atoms with Gasteiger partial charge in [-0.25, -0.2) is 9.69 Å². The molecule has 1 heterocycles. The molecule has 1 aliphatic carbocycles. The summed E-state index contributed by atoms with van der Waals surface area (Å²) < 4.78 is 16.3. The summed E-state index contributed by atoms with van der Waals surface area (Å²) in [5.41, 5.74) is 0.542. The molecular weight excluding hydrogens is 310 g/mol. The lowest BCUT2D eigenvalue weighted by Crippen LogP contribution is -2.59.